The van der Waals surface area contributed by atoms with Gasteiger partial charge in [0.2, 0.25) is 0 Å². The molecule has 0 heterocycles. The summed E-state index contributed by atoms with van der Waals surface area (Å²) in [5.41, 5.74) is 6.39. The monoisotopic (exact) mass is 197 g/mol. The molecule has 0 aliphatic carbocycles. The summed E-state index contributed by atoms with van der Waals surface area (Å²) in [5.74, 6) is -0.0231. The molecule has 1 aromatic rings. The molecule has 0 amide bonds. The lowest BCUT2D eigenvalue weighted by atomic mass is 10.0. The van der Waals surface area contributed by atoms with E-state index in [0.29, 0.717) is 5.56 Å². The molecule has 78 valence electrons. The zero-order valence-corrected chi connectivity index (χ0v) is 8.01. The maximum Gasteiger partial charge on any atom is 0.121 e. The zero-order chi connectivity index (χ0) is 10.7. The topological polar surface area (TPSA) is 86.7 Å². The van der Waals surface area contributed by atoms with Gasteiger partial charge in [-0.1, -0.05) is 12.1 Å². The van der Waals surface area contributed by atoms with Crippen LogP contribution in [0.2, 0.25) is 0 Å². The number of aliphatic hydroxyl groups excluding tert-OH is 2. The zero-order valence-electron chi connectivity index (χ0n) is 8.01. The van der Waals surface area contributed by atoms with Crippen molar-refractivity contribution in [2.24, 2.45) is 5.73 Å². The van der Waals surface area contributed by atoms with Crippen LogP contribution in [0, 0.1) is 6.92 Å². The summed E-state index contributed by atoms with van der Waals surface area (Å²) in [6, 6.07) is 4.86. The average molecular weight is 197 g/mol. The number of aryl methyl sites for hydroxylation is 1. The minimum atomic E-state index is -1.14. The van der Waals surface area contributed by atoms with Gasteiger partial charge in [-0.05, 0) is 18.6 Å². The number of rotatable bonds is 3. The van der Waals surface area contributed by atoms with E-state index in [-0.39, 0.29) is 12.3 Å². The van der Waals surface area contributed by atoms with Crippen molar-refractivity contribution < 1.29 is 15.3 Å². The Kier molecular flexibility index (Phi) is 3.46. The molecule has 4 nitrogen and oxygen atoms in total. The number of nitrogens with two attached hydrogens (primary N) is 1. The molecule has 2 atom stereocenters. The Morgan fingerprint density at radius 3 is 2.50 bits per heavy atom. The molecule has 0 saturated heterocycles. The SMILES string of the molecule is Cc1ccc(C(O)C(O)CN)c(O)c1. The molecular formula is C10H15NO3. The van der Waals surface area contributed by atoms with E-state index in [9.17, 15) is 15.3 Å². The van der Waals surface area contributed by atoms with Gasteiger partial charge in [0.15, 0.2) is 0 Å². The fourth-order valence-corrected chi connectivity index (χ4v) is 1.24. The van der Waals surface area contributed by atoms with E-state index in [4.69, 9.17) is 5.73 Å². The molecule has 4 heteroatoms. The van der Waals surface area contributed by atoms with E-state index in [1.54, 1.807) is 12.1 Å². The molecule has 0 radical (unpaired) electrons. The Balaban J connectivity index is 2.95. The first-order valence-corrected chi connectivity index (χ1v) is 4.42. The third-order valence-corrected chi connectivity index (χ3v) is 2.11. The molecule has 0 bridgehead atoms. The minimum absolute atomic E-state index is 0.0231. The van der Waals surface area contributed by atoms with Crippen LogP contribution in [0.5, 0.6) is 5.75 Å². The van der Waals surface area contributed by atoms with Crippen LogP contribution in [0.3, 0.4) is 0 Å². The number of benzene rings is 1. The summed E-state index contributed by atoms with van der Waals surface area (Å²) in [5, 5.41) is 28.4. The highest BCUT2D eigenvalue weighted by Crippen LogP contribution is 2.26. The predicted molar refractivity (Wildman–Crippen MR) is 52.9 cm³/mol. The van der Waals surface area contributed by atoms with Crippen molar-refractivity contribution in [2.75, 3.05) is 6.54 Å². The molecule has 0 saturated carbocycles. The van der Waals surface area contributed by atoms with Gasteiger partial charge in [0, 0.05) is 12.1 Å². The van der Waals surface area contributed by atoms with Gasteiger partial charge in [-0.3, -0.25) is 0 Å². The molecule has 1 aromatic carbocycles. The van der Waals surface area contributed by atoms with Crippen molar-refractivity contribution in [3.05, 3.63) is 29.3 Å². The van der Waals surface area contributed by atoms with Crippen LogP contribution >= 0.6 is 0 Å². The quantitative estimate of drug-likeness (QED) is 0.551. The number of aliphatic hydroxyl groups is 2. The van der Waals surface area contributed by atoms with Gasteiger partial charge in [-0.25, -0.2) is 0 Å². The van der Waals surface area contributed by atoms with Gasteiger partial charge >= 0.3 is 0 Å². The van der Waals surface area contributed by atoms with E-state index in [1.165, 1.54) is 6.07 Å². The fourth-order valence-electron chi connectivity index (χ4n) is 1.24. The molecule has 2 unspecified atom stereocenters. The van der Waals surface area contributed by atoms with Crippen molar-refractivity contribution in [2.45, 2.75) is 19.1 Å². The van der Waals surface area contributed by atoms with Gasteiger partial charge in [0.1, 0.15) is 11.9 Å². The van der Waals surface area contributed by atoms with Crippen molar-refractivity contribution in [3.63, 3.8) is 0 Å². The molecule has 5 N–H and O–H groups in total. The summed E-state index contributed by atoms with van der Waals surface area (Å²) >= 11 is 0. The third-order valence-electron chi connectivity index (χ3n) is 2.11. The van der Waals surface area contributed by atoms with Crippen LogP contribution in [0.25, 0.3) is 0 Å². The van der Waals surface area contributed by atoms with Crippen LogP contribution in [-0.4, -0.2) is 28.0 Å². The highest BCUT2D eigenvalue weighted by molar-refractivity contribution is 5.37. The average Bonchev–Trinajstić information content (AvgIpc) is 2.15. The summed E-state index contributed by atoms with van der Waals surface area (Å²) in [7, 11) is 0. The molecular weight excluding hydrogens is 182 g/mol. The van der Waals surface area contributed by atoms with Gasteiger partial charge in [0.25, 0.3) is 0 Å². The molecule has 0 aliphatic rings. The van der Waals surface area contributed by atoms with Crippen molar-refractivity contribution in [3.8, 4) is 5.75 Å². The van der Waals surface area contributed by atoms with Gasteiger partial charge in [-0.2, -0.15) is 0 Å². The smallest absolute Gasteiger partial charge is 0.121 e. The lowest BCUT2D eigenvalue weighted by molar-refractivity contribution is 0.0229. The Labute approximate surface area is 82.6 Å². The third kappa shape index (κ3) is 2.23. The molecule has 1 rings (SSSR count). The van der Waals surface area contributed by atoms with E-state index in [1.807, 2.05) is 6.92 Å². The standard InChI is InChI=1S/C10H15NO3/c1-6-2-3-7(8(12)4-6)10(14)9(13)5-11/h2-4,9-10,12-14H,5,11H2,1H3. The predicted octanol–water partition coefficient (Wildman–Crippen LogP) is 0.0536. The van der Waals surface area contributed by atoms with Crippen molar-refractivity contribution in [1.82, 2.24) is 0 Å². The Morgan fingerprint density at radius 2 is 2.00 bits per heavy atom. The second-order valence-corrected chi connectivity index (χ2v) is 3.31. The second-order valence-electron chi connectivity index (χ2n) is 3.31. The van der Waals surface area contributed by atoms with Gasteiger partial charge in [0.05, 0.1) is 6.10 Å². The number of hydrogen-bond donors (Lipinski definition) is 4. The van der Waals surface area contributed by atoms with Crippen LogP contribution in [-0.2, 0) is 0 Å². The van der Waals surface area contributed by atoms with Crippen LogP contribution < -0.4 is 5.73 Å². The van der Waals surface area contributed by atoms with Crippen LogP contribution in [0.15, 0.2) is 18.2 Å². The van der Waals surface area contributed by atoms with Crippen molar-refractivity contribution >= 4 is 0 Å². The van der Waals surface area contributed by atoms with Crippen LogP contribution in [0.1, 0.15) is 17.2 Å². The van der Waals surface area contributed by atoms with E-state index in [0.717, 1.165) is 5.56 Å². The second kappa shape index (κ2) is 4.41. The van der Waals surface area contributed by atoms with E-state index < -0.39 is 12.2 Å². The number of hydrogen-bond acceptors (Lipinski definition) is 4. The highest BCUT2D eigenvalue weighted by atomic mass is 16.3. The van der Waals surface area contributed by atoms with Crippen LogP contribution in [0.4, 0.5) is 0 Å². The largest absolute Gasteiger partial charge is 0.508 e. The number of aromatic hydroxyl groups is 1. The lowest BCUT2D eigenvalue weighted by Gasteiger charge is -2.17. The fraction of sp³-hybridized carbons (Fsp3) is 0.400. The molecule has 0 fully saturated rings. The van der Waals surface area contributed by atoms with E-state index in [2.05, 4.69) is 0 Å². The maximum atomic E-state index is 9.57. The number of phenols is 1. The Bertz CT molecular complexity index is 314. The number of phenolic OH excluding ortho intramolecular Hbond substituents is 1. The molecule has 0 aliphatic heterocycles. The van der Waals surface area contributed by atoms with Gasteiger partial charge in [-0.15, -0.1) is 0 Å². The summed E-state index contributed by atoms with van der Waals surface area (Å²) in [6.45, 7) is 1.78. The normalized spacial score (nSPS) is 15.1. The van der Waals surface area contributed by atoms with Crippen molar-refractivity contribution in [1.29, 1.82) is 0 Å². The first kappa shape index (κ1) is 11.0. The summed E-state index contributed by atoms with van der Waals surface area (Å²) in [4.78, 5) is 0. The summed E-state index contributed by atoms with van der Waals surface area (Å²) in [6.07, 6.45) is -2.19. The molecule has 0 aromatic heterocycles. The Hall–Kier alpha value is -1.10. The molecule has 14 heavy (non-hydrogen) atoms. The molecule has 0 spiro atoms. The highest BCUT2D eigenvalue weighted by Gasteiger charge is 2.19. The lowest BCUT2D eigenvalue weighted by Crippen LogP contribution is -2.27. The maximum absolute atomic E-state index is 9.57. The first-order chi connectivity index (χ1) is 6.56. The Morgan fingerprint density at radius 1 is 1.36 bits per heavy atom. The summed E-state index contributed by atoms with van der Waals surface area (Å²) < 4.78 is 0. The van der Waals surface area contributed by atoms with Gasteiger partial charge < -0.3 is 21.1 Å². The first-order valence-electron chi connectivity index (χ1n) is 4.42. The van der Waals surface area contributed by atoms with E-state index >= 15 is 0 Å². The minimum Gasteiger partial charge on any atom is -0.508 e.